The summed E-state index contributed by atoms with van der Waals surface area (Å²) in [6.07, 6.45) is 1.91. The number of hydrazine groups is 1. The Kier molecular flexibility index (Phi) is 6.06. The Bertz CT molecular complexity index is 965. The first kappa shape index (κ1) is 20.4. The molecule has 0 atom stereocenters. The zero-order chi connectivity index (χ0) is 21.1. The van der Waals surface area contributed by atoms with Gasteiger partial charge in [-0.3, -0.25) is 15.0 Å². The van der Waals surface area contributed by atoms with Crippen molar-refractivity contribution in [3.05, 3.63) is 76.5 Å². The van der Waals surface area contributed by atoms with E-state index in [1.165, 1.54) is 15.5 Å². The molecule has 2 amide bonds. The number of piperazine rings is 1. The van der Waals surface area contributed by atoms with Gasteiger partial charge in [0.05, 0.1) is 31.9 Å². The highest BCUT2D eigenvalue weighted by Gasteiger charge is 2.30. The lowest BCUT2D eigenvalue weighted by molar-refractivity contribution is -0.917. The Balaban J connectivity index is 1.35. The summed E-state index contributed by atoms with van der Waals surface area (Å²) in [5, 5.41) is 2.22. The number of carbonyl (C=O) groups excluding carboxylic acids is 2. The number of halogens is 1. The summed E-state index contributed by atoms with van der Waals surface area (Å²) in [6.45, 7) is 6.07. The maximum atomic E-state index is 13.0. The van der Waals surface area contributed by atoms with Gasteiger partial charge in [-0.25, -0.2) is 5.01 Å². The Morgan fingerprint density at radius 1 is 1.13 bits per heavy atom. The summed E-state index contributed by atoms with van der Waals surface area (Å²) < 4.78 is 0. The molecule has 0 saturated carbocycles. The van der Waals surface area contributed by atoms with Crippen molar-refractivity contribution in [2.45, 2.75) is 19.9 Å². The summed E-state index contributed by atoms with van der Waals surface area (Å²) in [7, 11) is 0. The predicted octanol–water partition coefficient (Wildman–Crippen LogP) is 1.70. The molecule has 2 aliphatic heterocycles. The summed E-state index contributed by atoms with van der Waals surface area (Å²) in [4.78, 5) is 28.7. The Hall–Kier alpha value is -2.83. The van der Waals surface area contributed by atoms with E-state index >= 15 is 0 Å². The zero-order valence-electron chi connectivity index (χ0n) is 17.0. The number of quaternary nitrogens is 1. The molecule has 6 nitrogen and oxygen atoms in total. The van der Waals surface area contributed by atoms with Gasteiger partial charge >= 0.3 is 0 Å². The molecule has 156 valence electrons. The molecule has 2 heterocycles. The SMILES string of the molecule is Cc1cccc(N2NC(C(=O)N3CC[NH+](Cc4ccc(Cl)cc4)CC3)=CCC2=O)c1. The molecule has 2 aromatic rings. The van der Waals surface area contributed by atoms with Crippen molar-refractivity contribution in [1.29, 1.82) is 0 Å². The van der Waals surface area contributed by atoms with Crippen molar-refractivity contribution >= 4 is 29.1 Å². The molecule has 0 spiro atoms. The molecule has 2 N–H and O–H groups in total. The van der Waals surface area contributed by atoms with Crippen molar-refractivity contribution in [3.63, 3.8) is 0 Å². The van der Waals surface area contributed by atoms with E-state index in [1.54, 1.807) is 6.08 Å². The minimum atomic E-state index is -0.0746. The summed E-state index contributed by atoms with van der Waals surface area (Å²) in [5.41, 5.74) is 6.56. The molecule has 0 unspecified atom stereocenters. The van der Waals surface area contributed by atoms with Crippen LogP contribution in [0.15, 0.2) is 60.3 Å². The van der Waals surface area contributed by atoms with Gasteiger partial charge in [-0.15, -0.1) is 0 Å². The van der Waals surface area contributed by atoms with Crippen LogP contribution in [0.5, 0.6) is 0 Å². The lowest BCUT2D eigenvalue weighted by Gasteiger charge is -2.35. The monoisotopic (exact) mass is 425 g/mol. The fourth-order valence-electron chi connectivity index (χ4n) is 3.88. The van der Waals surface area contributed by atoms with Crippen LogP contribution in [0.1, 0.15) is 17.5 Å². The van der Waals surface area contributed by atoms with Crippen molar-refractivity contribution in [1.82, 2.24) is 10.3 Å². The number of hydrogen-bond acceptors (Lipinski definition) is 3. The number of benzene rings is 2. The lowest BCUT2D eigenvalue weighted by Crippen LogP contribution is -3.13. The highest BCUT2D eigenvalue weighted by Crippen LogP contribution is 2.19. The van der Waals surface area contributed by atoms with Gasteiger partial charge in [0, 0.05) is 17.0 Å². The van der Waals surface area contributed by atoms with Crippen molar-refractivity contribution in [2.24, 2.45) is 0 Å². The lowest BCUT2D eigenvalue weighted by atomic mass is 10.1. The van der Waals surface area contributed by atoms with Gasteiger partial charge < -0.3 is 9.80 Å². The minimum Gasteiger partial charge on any atom is -0.328 e. The van der Waals surface area contributed by atoms with Crippen LogP contribution >= 0.6 is 11.6 Å². The Morgan fingerprint density at radius 3 is 2.57 bits per heavy atom. The quantitative estimate of drug-likeness (QED) is 0.784. The van der Waals surface area contributed by atoms with Crippen molar-refractivity contribution in [3.8, 4) is 0 Å². The average Bonchev–Trinajstić information content (AvgIpc) is 2.76. The third-order valence-electron chi connectivity index (χ3n) is 5.58. The van der Waals surface area contributed by atoms with Crippen LogP contribution in [0.2, 0.25) is 5.02 Å². The number of hydrogen-bond donors (Lipinski definition) is 2. The van der Waals surface area contributed by atoms with Crippen LogP contribution in [-0.4, -0.2) is 42.9 Å². The first-order chi connectivity index (χ1) is 14.5. The molecule has 1 fully saturated rings. The average molecular weight is 426 g/mol. The van der Waals surface area contributed by atoms with Crippen LogP contribution in [0.4, 0.5) is 5.69 Å². The number of amides is 2. The molecule has 2 aromatic carbocycles. The van der Waals surface area contributed by atoms with Gasteiger partial charge in [-0.1, -0.05) is 35.9 Å². The molecule has 0 bridgehead atoms. The van der Waals surface area contributed by atoms with Crippen LogP contribution in [0.3, 0.4) is 0 Å². The molecule has 1 saturated heterocycles. The normalized spacial score (nSPS) is 17.5. The van der Waals surface area contributed by atoms with Crippen LogP contribution in [0.25, 0.3) is 0 Å². The van der Waals surface area contributed by atoms with Crippen molar-refractivity contribution in [2.75, 3.05) is 31.2 Å². The highest BCUT2D eigenvalue weighted by molar-refractivity contribution is 6.30. The number of carbonyl (C=O) groups is 2. The van der Waals surface area contributed by atoms with Gasteiger partial charge in [-0.05, 0) is 42.8 Å². The van der Waals surface area contributed by atoms with Crippen LogP contribution in [0, 0.1) is 6.92 Å². The van der Waals surface area contributed by atoms with E-state index in [-0.39, 0.29) is 18.2 Å². The topological polar surface area (TPSA) is 57.1 Å². The molecule has 30 heavy (non-hydrogen) atoms. The second kappa shape index (κ2) is 8.90. The maximum Gasteiger partial charge on any atom is 0.271 e. The van der Waals surface area contributed by atoms with Crippen LogP contribution < -0.4 is 15.3 Å². The second-order valence-electron chi connectivity index (χ2n) is 7.85. The smallest absolute Gasteiger partial charge is 0.271 e. The second-order valence-corrected chi connectivity index (χ2v) is 8.28. The summed E-state index contributed by atoms with van der Waals surface area (Å²) in [5.74, 6) is -0.125. The van der Waals surface area contributed by atoms with E-state index < -0.39 is 0 Å². The highest BCUT2D eigenvalue weighted by atomic mass is 35.5. The van der Waals surface area contributed by atoms with Gasteiger partial charge in [0.15, 0.2) is 0 Å². The zero-order valence-corrected chi connectivity index (χ0v) is 17.8. The number of rotatable bonds is 4. The van der Waals surface area contributed by atoms with E-state index in [1.807, 2.05) is 48.2 Å². The fourth-order valence-corrected chi connectivity index (χ4v) is 4.01. The number of nitrogens with one attached hydrogen (secondary N) is 2. The molecular weight excluding hydrogens is 400 g/mol. The molecular formula is C23H26ClN4O2+. The first-order valence-electron chi connectivity index (χ1n) is 10.2. The number of anilines is 1. The molecule has 7 heteroatoms. The molecule has 0 radical (unpaired) electrons. The van der Waals surface area contributed by atoms with Crippen molar-refractivity contribution < 1.29 is 14.5 Å². The van der Waals surface area contributed by atoms with E-state index in [0.717, 1.165) is 35.9 Å². The van der Waals surface area contributed by atoms with E-state index in [2.05, 4.69) is 17.6 Å². The van der Waals surface area contributed by atoms with E-state index in [0.29, 0.717) is 18.8 Å². The largest absolute Gasteiger partial charge is 0.328 e. The molecule has 0 aromatic heterocycles. The van der Waals surface area contributed by atoms with Crippen LogP contribution in [-0.2, 0) is 16.1 Å². The van der Waals surface area contributed by atoms with Gasteiger partial charge in [0.1, 0.15) is 12.2 Å². The molecule has 4 rings (SSSR count). The summed E-state index contributed by atoms with van der Waals surface area (Å²) in [6, 6.07) is 15.6. The van der Waals surface area contributed by atoms with Gasteiger partial charge in [0.25, 0.3) is 5.91 Å². The number of aryl methyl sites for hydroxylation is 1. The van der Waals surface area contributed by atoms with E-state index in [9.17, 15) is 9.59 Å². The third-order valence-corrected chi connectivity index (χ3v) is 5.83. The van der Waals surface area contributed by atoms with Gasteiger partial charge in [0.2, 0.25) is 5.91 Å². The third kappa shape index (κ3) is 4.66. The van der Waals surface area contributed by atoms with E-state index in [4.69, 9.17) is 11.6 Å². The predicted molar refractivity (Wildman–Crippen MR) is 117 cm³/mol. The number of nitrogens with zero attached hydrogens (tertiary/aromatic N) is 2. The minimum absolute atomic E-state index is 0.0503. The molecule has 2 aliphatic rings. The van der Waals surface area contributed by atoms with Gasteiger partial charge in [-0.2, -0.15) is 0 Å². The Morgan fingerprint density at radius 2 is 1.87 bits per heavy atom. The Labute approximate surface area is 181 Å². The molecule has 0 aliphatic carbocycles. The standard InChI is InChI=1S/C23H25ClN4O2/c1-17-3-2-4-20(15-17)28-22(29)10-9-21(25-28)23(30)27-13-11-26(12-14-27)16-18-5-7-19(24)8-6-18/h2-9,15,25H,10-14,16H2,1H3/p+1. The fraction of sp³-hybridized carbons (Fsp3) is 0.304. The summed E-state index contributed by atoms with van der Waals surface area (Å²) >= 11 is 5.96. The maximum absolute atomic E-state index is 13.0. The first-order valence-corrected chi connectivity index (χ1v) is 10.6.